The molecule has 56 heavy (non-hydrogen) atoms. The third-order valence-electron chi connectivity index (χ3n) is 11.9. The van der Waals surface area contributed by atoms with Gasteiger partial charge in [-0.05, 0) is 127 Å². The lowest BCUT2D eigenvalue weighted by molar-refractivity contribution is 1.18. The fourth-order valence-corrected chi connectivity index (χ4v) is 9.33. The predicted octanol–water partition coefficient (Wildman–Crippen LogP) is 14.7. The SMILES string of the molecule is c1ccc(-n2c3ccccc3c3cc(-c4ccc5c(c4)c4cc(-c6cc7c8ccccc8ccc7c7ccccc67)ccc4n5-c4ccccc4)ccc32)cc1. The van der Waals surface area contributed by atoms with Gasteiger partial charge in [0.15, 0.2) is 0 Å². The number of para-hydroxylation sites is 3. The summed E-state index contributed by atoms with van der Waals surface area (Å²) in [5.41, 5.74) is 12.0. The predicted molar refractivity (Wildman–Crippen MR) is 239 cm³/mol. The van der Waals surface area contributed by atoms with Crippen molar-refractivity contribution < 1.29 is 0 Å². The molecular weight excluding hydrogens is 677 g/mol. The van der Waals surface area contributed by atoms with Crippen molar-refractivity contribution in [2.24, 2.45) is 0 Å². The van der Waals surface area contributed by atoms with Gasteiger partial charge in [0.05, 0.1) is 22.1 Å². The lowest BCUT2D eigenvalue weighted by Gasteiger charge is -2.13. The molecular formula is C54H34N2. The van der Waals surface area contributed by atoms with Crippen LogP contribution in [0, 0.1) is 0 Å². The van der Waals surface area contributed by atoms with Gasteiger partial charge in [0, 0.05) is 32.9 Å². The van der Waals surface area contributed by atoms with Crippen LogP contribution in [-0.2, 0) is 0 Å². The van der Waals surface area contributed by atoms with E-state index in [1.807, 2.05) is 0 Å². The van der Waals surface area contributed by atoms with Crippen LogP contribution >= 0.6 is 0 Å². The van der Waals surface area contributed by atoms with E-state index in [1.54, 1.807) is 0 Å². The van der Waals surface area contributed by atoms with E-state index in [0.29, 0.717) is 0 Å². The van der Waals surface area contributed by atoms with Crippen molar-refractivity contribution in [2.45, 2.75) is 0 Å². The van der Waals surface area contributed by atoms with E-state index in [1.165, 1.54) is 104 Å². The second-order valence-electron chi connectivity index (χ2n) is 14.9. The molecule has 12 aromatic rings. The first-order valence-corrected chi connectivity index (χ1v) is 19.3. The molecule has 0 aliphatic carbocycles. The number of benzene rings is 10. The van der Waals surface area contributed by atoms with Gasteiger partial charge in [-0.1, -0.05) is 133 Å². The standard InChI is InChI=1S/C54H34N2/c1-3-14-39(15-4-1)55-51-22-12-11-21-45(51)48-31-36(24-28-52(48)55)37-25-29-53-49(32-37)50-33-38(26-30-54(50)56(53)40-16-5-2-6-17-40)46-34-47-41-18-8-7-13-35(41)23-27-44(47)42-19-9-10-20-43(42)46/h1-34H. The molecule has 0 N–H and O–H groups in total. The molecule has 0 spiro atoms. The van der Waals surface area contributed by atoms with Gasteiger partial charge in [-0.3, -0.25) is 0 Å². The van der Waals surface area contributed by atoms with Gasteiger partial charge in [0.2, 0.25) is 0 Å². The van der Waals surface area contributed by atoms with Crippen molar-refractivity contribution in [3.8, 4) is 33.6 Å². The minimum absolute atomic E-state index is 1.16. The highest BCUT2D eigenvalue weighted by molar-refractivity contribution is 6.22. The number of aromatic nitrogens is 2. The molecule has 0 fully saturated rings. The molecule has 0 saturated carbocycles. The Hall–Kier alpha value is -7.42. The fraction of sp³-hybridized carbons (Fsp3) is 0. The van der Waals surface area contributed by atoms with Gasteiger partial charge in [0.1, 0.15) is 0 Å². The highest BCUT2D eigenvalue weighted by Gasteiger charge is 2.18. The summed E-state index contributed by atoms with van der Waals surface area (Å²) >= 11 is 0. The van der Waals surface area contributed by atoms with Crippen LogP contribution in [-0.4, -0.2) is 9.13 Å². The normalized spacial score (nSPS) is 11.9. The highest BCUT2D eigenvalue weighted by atomic mass is 15.0. The van der Waals surface area contributed by atoms with E-state index in [2.05, 4.69) is 215 Å². The van der Waals surface area contributed by atoms with E-state index < -0.39 is 0 Å². The van der Waals surface area contributed by atoms with Crippen LogP contribution in [0.2, 0.25) is 0 Å². The summed E-state index contributed by atoms with van der Waals surface area (Å²) in [6, 6.07) is 75.8. The molecule has 0 aliphatic heterocycles. The molecule has 2 nitrogen and oxygen atoms in total. The minimum Gasteiger partial charge on any atom is -0.309 e. The van der Waals surface area contributed by atoms with Crippen molar-refractivity contribution in [1.82, 2.24) is 9.13 Å². The molecule has 0 aliphatic rings. The van der Waals surface area contributed by atoms with E-state index >= 15 is 0 Å². The summed E-state index contributed by atoms with van der Waals surface area (Å²) in [5, 5.41) is 12.7. The molecule has 0 saturated heterocycles. The number of hydrogen-bond donors (Lipinski definition) is 0. The van der Waals surface area contributed by atoms with Gasteiger partial charge >= 0.3 is 0 Å². The highest BCUT2D eigenvalue weighted by Crippen LogP contribution is 2.42. The molecule has 2 heterocycles. The maximum absolute atomic E-state index is 2.43. The fourth-order valence-electron chi connectivity index (χ4n) is 9.33. The third-order valence-corrected chi connectivity index (χ3v) is 11.9. The average Bonchev–Trinajstić information content (AvgIpc) is 3.78. The largest absolute Gasteiger partial charge is 0.309 e. The number of fused-ring (bicyclic) bond motifs is 11. The third kappa shape index (κ3) is 4.57. The second-order valence-corrected chi connectivity index (χ2v) is 14.9. The van der Waals surface area contributed by atoms with Gasteiger partial charge in [0.25, 0.3) is 0 Å². The number of nitrogens with zero attached hydrogens (tertiary/aromatic N) is 2. The summed E-state index contributed by atoms with van der Waals surface area (Å²) in [4.78, 5) is 0. The van der Waals surface area contributed by atoms with Crippen LogP contribution < -0.4 is 0 Å². The van der Waals surface area contributed by atoms with Gasteiger partial charge < -0.3 is 9.13 Å². The minimum atomic E-state index is 1.16. The van der Waals surface area contributed by atoms with E-state index in [0.717, 1.165) is 5.69 Å². The Morgan fingerprint density at radius 2 is 0.679 bits per heavy atom. The van der Waals surface area contributed by atoms with Crippen LogP contribution in [0.15, 0.2) is 206 Å². The van der Waals surface area contributed by atoms with Crippen LogP contribution in [0.25, 0.3) is 110 Å². The molecule has 0 atom stereocenters. The molecule has 0 radical (unpaired) electrons. The van der Waals surface area contributed by atoms with Crippen LogP contribution in [0.3, 0.4) is 0 Å². The van der Waals surface area contributed by atoms with E-state index in [4.69, 9.17) is 0 Å². The number of hydrogen-bond acceptors (Lipinski definition) is 0. The molecule has 10 aromatic carbocycles. The summed E-state index contributed by atoms with van der Waals surface area (Å²) in [6.07, 6.45) is 0. The smallest absolute Gasteiger partial charge is 0.0541 e. The summed E-state index contributed by atoms with van der Waals surface area (Å²) in [6.45, 7) is 0. The number of rotatable bonds is 4. The Morgan fingerprint density at radius 1 is 0.232 bits per heavy atom. The molecule has 2 heteroatoms. The second kappa shape index (κ2) is 12.0. The van der Waals surface area contributed by atoms with E-state index in [-0.39, 0.29) is 0 Å². The molecule has 260 valence electrons. The summed E-state index contributed by atoms with van der Waals surface area (Å²) in [5.74, 6) is 0. The maximum atomic E-state index is 2.43. The van der Waals surface area contributed by atoms with Crippen molar-refractivity contribution in [3.63, 3.8) is 0 Å². The lowest BCUT2D eigenvalue weighted by Crippen LogP contribution is -1.93. The van der Waals surface area contributed by atoms with Crippen molar-refractivity contribution in [3.05, 3.63) is 206 Å². The van der Waals surface area contributed by atoms with Crippen LogP contribution in [0.4, 0.5) is 0 Å². The molecule has 12 rings (SSSR count). The summed E-state index contributed by atoms with van der Waals surface area (Å²) in [7, 11) is 0. The van der Waals surface area contributed by atoms with Gasteiger partial charge in [-0.25, -0.2) is 0 Å². The zero-order chi connectivity index (χ0) is 36.7. The average molecular weight is 711 g/mol. The summed E-state index contributed by atoms with van der Waals surface area (Å²) < 4.78 is 4.80. The topological polar surface area (TPSA) is 9.86 Å². The Balaban J connectivity index is 1.10. The first-order valence-electron chi connectivity index (χ1n) is 19.3. The lowest BCUT2D eigenvalue weighted by atomic mass is 9.90. The zero-order valence-corrected chi connectivity index (χ0v) is 30.5. The maximum Gasteiger partial charge on any atom is 0.0541 e. The van der Waals surface area contributed by atoms with Gasteiger partial charge in [-0.15, -0.1) is 0 Å². The van der Waals surface area contributed by atoms with Crippen molar-refractivity contribution in [2.75, 3.05) is 0 Å². The Morgan fingerprint density at radius 3 is 1.32 bits per heavy atom. The molecule has 0 bridgehead atoms. The van der Waals surface area contributed by atoms with Crippen LogP contribution in [0.1, 0.15) is 0 Å². The first kappa shape index (κ1) is 31.0. The van der Waals surface area contributed by atoms with Crippen LogP contribution in [0.5, 0.6) is 0 Å². The quantitative estimate of drug-likeness (QED) is 0.161. The Kier molecular flexibility index (Phi) is 6.66. The molecule has 2 aromatic heterocycles. The molecule has 0 unspecified atom stereocenters. The monoisotopic (exact) mass is 710 g/mol. The van der Waals surface area contributed by atoms with Crippen molar-refractivity contribution in [1.29, 1.82) is 0 Å². The Bertz CT molecular complexity index is 3510. The van der Waals surface area contributed by atoms with Gasteiger partial charge in [-0.2, -0.15) is 0 Å². The van der Waals surface area contributed by atoms with Crippen molar-refractivity contribution >= 4 is 75.9 Å². The first-order chi connectivity index (χ1) is 27.8. The Labute approximate surface area is 323 Å². The molecule has 0 amide bonds. The van der Waals surface area contributed by atoms with E-state index in [9.17, 15) is 0 Å². The zero-order valence-electron chi connectivity index (χ0n) is 30.5.